The molecule has 1 atom stereocenters. The quantitative estimate of drug-likeness (QED) is 0.854. The first kappa shape index (κ1) is 14.5. The van der Waals surface area contributed by atoms with E-state index in [4.69, 9.17) is 0 Å². The van der Waals surface area contributed by atoms with Gasteiger partial charge < -0.3 is 5.11 Å². The minimum absolute atomic E-state index is 0.0133. The van der Waals surface area contributed by atoms with Gasteiger partial charge in [-0.3, -0.25) is 0 Å². The Morgan fingerprint density at radius 2 is 2.06 bits per heavy atom. The maximum atomic E-state index is 13.7. The van der Waals surface area contributed by atoms with Crippen LogP contribution in [0.15, 0.2) is 21.9 Å². The molecule has 0 fully saturated rings. The number of hydrogen-bond donors (Lipinski definition) is 1. The summed E-state index contributed by atoms with van der Waals surface area (Å²) < 4.78 is 36.8. The minimum atomic E-state index is -3.47. The van der Waals surface area contributed by atoms with Crippen LogP contribution in [-0.4, -0.2) is 32.1 Å². The van der Waals surface area contributed by atoms with Crippen LogP contribution in [-0.2, 0) is 16.3 Å². The van der Waals surface area contributed by atoms with E-state index < -0.39 is 21.8 Å². The molecule has 0 aliphatic carbocycles. The number of aliphatic hydroxyl groups is 1. The second kappa shape index (κ2) is 5.37. The van der Waals surface area contributed by atoms with E-state index in [1.54, 1.807) is 13.2 Å². The average molecular weight is 278 g/mol. The Kier molecular flexibility index (Phi) is 4.57. The number of benzene rings is 1. The van der Waals surface area contributed by atoms with Crippen LogP contribution in [0.1, 0.15) is 12.5 Å². The maximum absolute atomic E-state index is 13.7. The number of rotatable bonds is 4. The third-order valence-electron chi connectivity index (χ3n) is 2.20. The summed E-state index contributed by atoms with van der Waals surface area (Å²) in [4.78, 5) is 0.113. The molecular formula is C11H15FO3S2. The van der Waals surface area contributed by atoms with Crippen LogP contribution in [0.2, 0.25) is 0 Å². The van der Waals surface area contributed by atoms with E-state index in [1.165, 1.54) is 12.1 Å². The molecule has 0 amide bonds. The molecule has 17 heavy (non-hydrogen) atoms. The highest BCUT2D eigenvalue weighted by Crippen LogP contribution is 2.29. The van der Waals surface area contributed by atoms with Crippen LogP contribution >= 0.6 is 11.8 Å². The van der Waals surface area contributed by atoms with Crippen molar-refractivity contribution in [2.24, 2.45) is 0 Å². The van der Waals surface area contributed by atoms with Gasteiger partial charge in [0, 0.05) is 6.26 Å². The molecule has 1 aromatic rings. The van der Waals surface area contributed by atoms with E-state index in [0.717, 1.165) is 18.0 Å². The second-order valence-electron chi connectivity index (χ2n) is 3.93. The summed E-state index contributed by atoms with van der Waals surface area (Å²) in [6.07, 6.45) is 2.27. The molecule has 0 heterocycles. The summed E-state index contributed by atoms with van der Waals surface area (Å²) in [5, 5.41) is 9.24. The zero-order chi connectivity index (χ0) is 13.2. The molecule has 96 valence electrons. The molecule has 0 radical (unpaired) electrons. The van der Waals surface area contributed by atoms with Gasteiger partial charge in [-0.05, 0) is 37.3 Å². The third kappa shape index (κ3) is 3.69. The fraction of sp³-hybridized carbons (Fsp3) is 0.455. The topological polar surface area (TPSA) is 54.4 Å². The van der Waals surface area contributed by atoms with Crippen molar-refractivity contribution >= 4 is 21.6 Å². The number of sulfone groups is 1. The van der Waals surface area contributed by atoms with Gasteiger partial charge in [0.1, 0.15) is 5.82 Å². The summed E-state index contributed by atoms with van der Waals surface area (Å²) in [5.74, 6) is -0.559. The molecule has 0 aliphatic heterocycles. The molecule has 0 bridgehead atoms. The highest BCUT2D eigenvalue weighted by molar-refractivity contribution is 7.99. The Hall–Kier alpha value is -0.590. The lowest BCUT2D eigenvalue weighted by Gasteiger charge is -2.11. The lowest BCUT2D eigenvalue weighted by molar-refractivity contribution is 0.195. The first-order valence-electron chi connectivity index (χ1n) is 5.00. The number of halogens is 1. The molecule has 0 saturated heterocycles. The van der Waals surface area contributed by atoms with Crippen molar-refractivity contribution in [3.8, 4) is 0 Å². The Labute approximate surface area is 105 Å². The number of aliphatic hydroxyl groups excluding tert-OH is 1. The van der Waals surface area contributed by atoms with Crippen molar-refractivity contribution < 1.29 is 17.9 Å². The summed E-state index contributed by atoms with van der Waals surface area (Å²) >= 11 is 1.06. The summed E-state index contributed by atoms with van der Waals surface area (Å²) in [6.45, 7) is 1.57. The predicted molar refractivity (Wildman–Crippen MR) is 66.7 cm³/mol. The maximum Gasteiger partial charge on any atom is 0.176 e. The van der Waals surface area contributed by atoms with Crippen molar-refractivity contribution in [2.75, 3.05) is 12.5 Å². The summed E-state index contributed by atoms with van der Waals surface area (Å²) in [5.41, 5.74) is 0.482. The van der Waals surface area contributed by atoms with Crippen molar-refractivity contribution in [3.05, 3.63) is 23.5 Å². The van der Waals surface area contributed by atoms with Crippen LogP contribution < -0.4 is 0 Å². The van der Waals surface area contributed by atoms with E-state index in [-0.39, 0.29) is 16.2 Å². The van der Waals surface area contributed by atoms with Crippen LogP contribution in [0.25, 0.3) is 0 Å². The molecule has 1 N–H and O–H groups in total. The zero-order valence-corrected chi connectivity index (χ0v) is 11.5. The van der Waals surface area contributed by atoms with E-state index >= 15 is 0 Å². The SMILES string of the molecule is CSc1c(F)cc(CC(C)O)cc1S(C)(=O)=O. The largest absolute Gasteiger partial charge is 0.393 e. The van der Waals surface area contributed by atoms with Crippen molar-refractivity contribution in [1.82, 2.24) is 0 Å². The molecule has 0 aliphatic rings. The number of thioether (sulfide) groups is 1. The third-order valence-corrected chi connectivity index (χ3v) is 4.28. The lowest BCUT2D eigenvalue weighted by Crippen LogP contribution is -2.08. The fourth-order valence-electron chi connectivity index (χ4n) is 1.55. The monoisotopic (exact) mass is 278 g/mol. The number of hydrogen-bond acceptors (Lipinski definition) is 4. The van der Waals surface area contributed by atoms with Gasteiger partial charge in [0.05, 0.1) is 15.9 Å². The molecule has 3 nitrogen and oxygen atoms in total. The molecule has 0 spiro atoms. The van der Waals surface area contributed by atoms with E-state index in [0.29, 0.717) is 5.56 Å². The first-order valence-corrected chi connectivity index (χ1v) is 8.12. The first-order chi connectivity index (χ1) is 7.75. The highest BCUT2D eigenvalue weighted by Gasteiger charge is 2.18. The predicted octanol–water partition coefficient (Wildman–Crippen LogP) is 1.87. The van der Waals surface area contributed by atoms with Crippen molar-refractivity contribution in [2.45, 2.75) is 29.2 Å². The molecule has 1 aromatic carbocycles. The normalized spacial score (nSPS) is 13.7. The van der Waals surface area contributed by atoms with Gasteiger partial charge in [0.25, 0.3) is 0 Å². The standard InChI is InChI=1S/C11H15FO3S2/c1-7(13)4-8-5-9(12)11(16-2)10(6-8)17(3,14)15/h5-7,13H,4H2,1-3H3. The van der Waals surface area contributed by atoms with Crippen molar-refractivity contribution in [1.29, 1.82) is 0 Å². The van der Waals surface area contributed by atoms with Gasteiger partial charge in [-0.25, -0.2) is 12.8 Å². The van der Waals surface area contributed by atoms with E-state index in [1.807, 2.05) is 0 Å². The van der Waals surface area contributed by atoms with Gasteiger partial charge >= 0.3 is 0 Å². The Bertz CT molecular complexity index is 510. The zero-order valence-electron chi connectivity index (χ0n) is 9.90. The van der Waals surface area contributed by atoms with Crippen LogP contribution in [0.5, 0.6) is 0 Å². The average Bonchev–Trinajstić information content (AvgIpc) is 2.14. The van der Waals surface area contributed by atoms with E-state index in [2.05, 4.69) is 0 Å². The van der Waals surface area contributed by atoms with Crippen LogP contribution in [0.4, 0.5) is 4.39 Å². The van der Waals surface area contributed by atoms with Crippen LogP contribution in [0, 0.1) is 5.82 Å². The van der Waals surface area contributed by atoms with E-state index in [9.17, 15) is 17.9 Å². The molecule has 1 rings (SSSR count). The summed E-state index contributed by atoms with van der Waals surface area (Å²) in [7, 11) is -3.47. The summed E-state index contributed by atoms with van der Waals surface area (Å²) in [6, 6.07) is 2.70. The molecule has 1 unspecified atom stereocenters. The Morgan fingerprint density at radius 1 is 1.47 bits per heavy atom. The van der Waals surface area contributed by atoms with Gasteiger partial charge in [-0.15, -0.1) is 11.8 Å². The molecule has 0 saturated carbocycles. The van der Waals surface area contributed by atoms with Gasteiger partial charge in [-0.1, -0.05) is 0 Å². The smallest absolute Gasteiger partial charge is 0.176 e. The molecule has 0 aromatic heterocycles. The highest BCUT2D eigenvalue weighted by atomic mass is 32.2. The minimum Gasteiger partial charge on any atom is -0.393 e. The van der Waals surface area contributed by atoms with Crippen LogP contribution in [0.3, 0.4) is 0 Å². The Balaban J connectivity index is 3.39. The Morgan fingerprint density at radius 3 is 2.47 bits per heavy atom. The fourth-order valence-corrected chi connectivity index (χ4v) is 3.57. The second-order valence-corrected chi connectivity index (χ2v) is 6.73. The van der Waals surface area contributed by atoms with Gasteiger partial charge in [-0.2, -0.15) is 0 Å². The van der Waals surface area contributed by atoms with Gasteiger partial charge in [0.2, 0.25) is 0 Å². The molecule has 6 heteroatoms. The molecular weight excluding hydrogens is 263 g/mol. The lowest BCUT2D eigenvalue weighted by atomic mass is 10.1. The van der Waals surface area contributed by atoms with Gasteiger partial charge in [0.15, 0.2) is 9.84 Å². The van der Waals surface area contributed by atoms with Crippen molar-refractivity contribution in [3.63, 3.8) is 0 Å².